The van der Waals surface area contributed by atoms with E-state index in [0.717, 1.165) is 0 Å². The molecule has 0 amide bonds. The van der Waals surface area contributed by atoms with Crippen LogP contribution in [0, 0.1) is 5.82 Å². The van der Waals surface area contributed by atoms with Gasteiger partial charge in [0.1, 0.15) is 5.82 Å². The van der Waals surface area contributed by atoms with Crippen molar-refractivity contribution in [3.05, 3.63) is 70.3 Å². The van der Waals surface area contributed by atoms with Gasteiger partial charge in [-0.2, -0.15) is 5.10 Å². The summed E-state index contributed by atoms with van der Waals surface area (Å²) in [5.74, 6) is -0.380. The van der Waals surface area contributed by atoms with Crippen molar-refractivity contribution in [1.29, 1.82) is 0 Å². The van der Waals surface area contributed by atoms with Gasteiger partial charge < -0.3 is 5.73 Å². The molecule has 0 aliphatic carbocycles. The molecule has 0 fully saturated rings. The quantitative estimate of drug-likeness (QED) is 0.725. The van der Waals surface area contributed by atoms with Gasteiger partial charge in [-0.15, -0.1) is 0 Å². The molecule has 20 heavy (non-hydrogen) atoms. The summed E-state index contributed by atoms with van der Waals surface area (Å²) >= 11 is 0. The fraction of sp³-hybridized carbons (Fsp3) is 0.0667. The number of hydrogen-bond donors (Lipinski definition) is 1. The van der Waals surface area contributed by atoms with Crippen LogP contribution >= 0.6 is 0 Å². The predicted molar refractivity (Wildman–Crippen MR) is 75.9 cm³/mol. The molecule has 3 aromatic rings. The van der Waals surface area contributed by atoms with Crippen molar-refractivity contribution in [3.8, 4) is 0 Å². The molecule has 0 spiro atoms. The highest BCUT2D eigenvalue weighted by Crippen LogP contribution is 2.15. The Morgan fingerprint density at radius 2 is 2.00 bits per heavy atom. The van der Waals surface area contributed by atoms with E-state index in [1.54, 1.807) is 35.0 Å². The summed E-state index contributed by atoms with van der Waals surface area (Å²) in [5, 5.41) is 4.64. The number of fused-ring (bicyclic) bond motifs is 1. The zero-order valence-electron chi connectivity index (χ0n) is 10.6. The number of aromatic nitrogens is 2. The van der Waals surface area contributed by atoms with Crippen LogP contribution < -0.4 is 11.2 Å². The molecule has 0 unspecified atom stereocenters. The molecular formula is C15H12FN3O. The maximum atomic E-state index is 13.8. The van der Waals surface area contributed by atoms with E-state index in [0.29, 0.717) is 22.2 Å². The summed E-state index contributed by atoms with van der Waals surface area (Å²) in [7, 11) is 0. The van der Waals surface area contributed by atoms with Gasteiger partial charge in [0, 0.05) is 16.6 Å². The minimum atomic E-state index is -0.380. The smallest absolute Gasteiger partial charge is 0.207 e. The zero-order chi connectivity index (χ0) is 14.1. The van der Waals surface area contributed by atoms with E-state index in [1.165, 1.54) is 12.3 Å². The Balaban J connectivity index is 2.11. The number of nitrogens with zero attached hydrogens (tertiary/aromatic N) is 2. The Morgan fingerprint density at radius 3 is 2.80 bits per heavy atom. The lowest BCUT2D eigenvalue weighted by Crippen LogP contribution is -2.13. The molecule has 0 bridgehead atoms. The van der Waals surface area contributed by atoms with Crippen molar-refractivity contribution in [3.63, 3.8) is 0 Å². The van der Waals surface area contributed by atoms with Gasteiger partial charge in [0.25, 0.3) is 0 Å². The SMILES string of the molecule is Nc1ccc(Cn2ncc(=O)c3ccccc32)c(F)c1. The second kappa shape index (κ2) is 4.77. The first kappa shape index (κ1) is 12.3. The van der Waals surface area contributed by atoms with E-state index in [1.807, 2.05) is 6.07 Å². The van der Waals surface area contributed by atoms with Crippen LogP contribution in [0.5, 0.6) is 0 Å². The van der Waals surface area contributed by atoms with Crippen LogP contribution in [-0.4, -0.2) is 9.78 Å². The van der Waals surface area contributed by atoms with E-state index in [4.69, 9.17) is 5.73 Å². The standard InChI is InChI=1S/C15H12FN3O/c16-13-7-11(17)6-5-10(13)9-19-14-4-2-1-3-12(14)15(20)8-18-19/h1-8H,9,17H2. The number of anilines is 1. The molecular weight excluding hydrogens is 257 g/mol. The fourth-order valence-electron chi connectivity index (χ4n) is 2.14. The first-order valence-electron chi connectivity index (χ1n) is 6.14. The Bertz CT molecular complexity index is 842. The number of nitrogen functional groups attached to an aromatic ring is 1. The second-order valence-corrected chi connectivity index (χ2v) is 4.53. The van der Waals surface area contributed by atoms with Crippen molar-refractivity contribution in [2.75, 3.05) is 5.73 Å². The van der Waals surface area contributed by atoms with Gasteiger partial charge in [-0.1, -0.05) is 18.2 Å². The van der Waals surface area contributed by atoms with E-state index in [9.17, 15) is 9.18 Å². The van der Waals surface area contributed by atoms with Crippen LogP contribution in [0.4, 0.5) is 10.1 Å². The average Bonchev–Trinajstić information content (AvgIpc) is 2.45. The molecule has 0 saturated carbocycles. The monoisotopic (exact) mass is 269 g/mol. The molecule has 4 nitrogen and oxygen atoms in total. The van der Waals surface area contributed by atoms with Crippen molar-refractivity contribution in [1.82, 2.24) is 9.78 Å². The molecule has 0 aliphatic rings. The molecule has 3 rings (SSSR count). The molecule has 2 N–H and O–H groups in total. The van der Waals surface area contributed by atoms with Crippen LogP contribution in [0.1, 0.15) is 5.56 Å². The number of nitrogens with two attached hydrogens (primary N) is 1. The molecule has 0 aliphatic heterocycles. The lowest BCUT2D eigenvalue weighted by Gasteiger charge is -2.10. The van der Waals surface area contributed by atoms with Crippen molar-refractivity contribution < 1.29 is 4.39 Å². The van der Waals surface area contributed by atoms with Crippen LogP contribution in [-0.2, 0) is 6.54 Å². The van der Waals surface area contributed by atoms with E-state index >= 15 is 0 Å². The van der Waals surface area contributed by atoms with Crippen LogP contribution in [0.15, 0.2) is 53.5 Å². The maximum Gasteiger partial charge on any atom is 0.207 e. The first-order chi connectivity index (χ1) is 9.65. The fourth-order valence-corrected chi connectivity index (χ4v) is 2.14. The highest BCUT2D eigenvalue weighted by atomic mass is 19.1. The summed E-state index contributed by atoms with van der Waals surface area (Å²) in [6.07, 6.45) is 1.25. The Morgan fingerprint density at radius 1 is 1.20 bits per heavy atom. The van der Waals surface area contributed by atoms with Gasteiger partial charge in [-0.05, 0) is 24.3 Å². The van der Waals surface area contributed by atoms with Crippen molar-refractivity contribution in [2.45, 2.75) is 6.54 Å². The van der Waals surface area contributed by atoms with Crippen LogP contribution in [0.2, 0.25) is 0 Å². The normalized spacial score (nSPS) is 10.8. The molecule has 1 aromatic heterocycles. The van der Waals surface area contributed by atoms with Crippen molar-refractivity contribution >= 4 is 16.6 Å². The third-order valence-electron chi connectivity index (χ3n) is 3.16. The van der Waals surface area contributed by atoms with Gasteiger partial charge in [-0.3, -0.25) is 9.48 Å². The first-order valence-corrected chi connectivity index (χ1v) is 6.14. The highest BCUT2D eigenvalue weighted by molar-refractivity contribution is 5.78. The third-order valence-corrected chi connectivity index (χ3v) is 3.16. The summed E-state index contributed by atoms with van der Waals surface area (Å²) in [6.45, 7) is 0.243. The van der Waals surface area contributed by atoms with Gasteiger partial charge in [-0.25, -0.2) is 4.39 Å². The number of halogens is 1. The molecule has 0 saturated heterocycles. The van der Waals surface area contributed by atoms with Gasteiger partial charge >= 0.3 is 0 Å². The number of rotatable bonds is 2. The minimum absolute atomic E-state index is 0.144. The second-order valence-electron chi connectivity index (χ2n) is 4.53. The lowest BCUT2D eigenvalue weighted by molar-refractivity contribution is 0.588. The van der Waals surface area contributed by atoms with E-state index in [-0.39, 0.29) is 17.8 Å². The molecule has 0 atom stereocenters. The Kier molecular flexibility index (Phi) is 2.95. The summed E-state index contributed by atoms with van der Waals surface area (Å²) in [4.78, 5) is 11.7. The topological polar surface area (TPSA) is 60.9 Å². The molecule has 5 heteroatoms. The Labute approximate surface area is 114 Å². The molecule has 2 aromatic carbocycles. The molecule has 100 valence electrons. The van der Waals surface area contributed by atoms with Crippen LogP contribution in [0.3, 0.4) is 0 Å². The predicted octanol–water partition coefficient (Wildman–Crippen LogP) is 2.17. The zero-order valence-corrected chi connectivity index (χ0v) is 10.6. The average molecular weight is 269 g/mol. The number of benzene rings is 2. The molecule has 1 heterocycles. The maximum absolute atomic E-state index is 13.8. The van der Waals surface area contributed by atoms with Crippen LogP contribution in [0.25, 0.3) is 10.9 Å². The lowest BCUT2D eigenvalue weighted by atomic mass is 10.2. The summed E-state index contributed by atoms with van der Waals surface area (Å²) in [6, 6.07) is 11.7. The van der Waals surface area contributed by atoms with Gasteiger partial charge in [0.05, 0.1) is 18.3 Å². The van der Waals surface area contributed by atoms with E-state index < -0.39 is 0 Å². The summed E-state index contributed by atoms with van der Waals surface area (Å²) < 4.78 is 15.4. The minimum Gasteiger partial charge on any atom is -0.399 e. The van der Waals surface area contributed by atoms with E-state index in [2.05, 4.69) is 5.10 Å². The van der Waals surface area contributed by atoms with Gasteiger partial charge in [0.15, 0.2) is 0 Å². The molecule has 0 radical (unpaired) electrons. The summed E-state index contributed by atoms with van der Waals surface area (Å²) in [5.41, 5.74) is 6.91. The van der Waals surface area contributed by atoms with Crippen molar-refractivity contribution in [2.24, 2.45) is 0 Å². The number of para-hydroxylation sites is 1. The Hall–Kier alpha value is -2.69. The largest absolute Gasteiger partial charge is 0.399 e. The van der Waals surface area contributed by atoms with Gasteiger partial charge in [0.2, 0.25) is 5.43 Å². The third kappa shape index (κ3) is 2.14. The highest BCUT2D eigenvalue weighted by Gasteiger charge is 2.07. The number of hydrogen-bond acceptors (Lipinski definition) is 3.